The van der Waals surface area contributed by atoms with E-state index in [1.54, 1.807) is 0 Å². The van der Waals surface area contributed by atoms with Gasteiger partial charge in [0.2, 0.25) is 0 Å². The highest BCUT2D eigenvalue weighted by molar-refractivity contribution is 6.30. The molecule has 20 heavy (non-hydrogen) atoms. The summed E-state index contributed by atoms with van der Waals surface area (Å²) in [4.78, 5) is 0. The van der Waals surface area contributed by atoms with E-state index in [1.807, 2.05) is 25.1 Å². The van der Waals surface area contributed by atoms with Crippen molar-refractivity contribution < 1.29 is 4.74 Å². The molecule has 0 saturated heterocycles. The molecule has 0 aliphatic rings. The maximum atomic E-state index is 6.09. The average Bonchev–Trinajstić information content (AvgIpc) is 2.26. The fourth-order valence-corrected chi connectivity index (χ4v) is 2.90. The molecule has 0 spiro atoms. The molecule has 0 atom stereocenters. The van der Waals surface area contributed by atoms with Gasteiger partial charge < -0.3 is 10.1 Å². The zero-order valence-corrected chi connectivity index (χ0v) is 14.4. The van der Waals surface area contributed by atoms with Crippen molar-refractivity contribution in [3.8, 4) is 5.75 Å². The van der Waals surface area contributed by atoms with Crippen molar-refractivity contribution in [3.63, 3.8) is 0 Å². The van der Waals surface area contributed by atoms with Crippen LogP contribution in [0.3, 0.4) is 0 Å². The van der Waals surface area contributed by atoms with Crippen molar-refractivity contribution in [2.24, 2.45) is 5.41 Å². The molecule has 0 heterocycles. The Hall–Kier alpha value is -0.730. The molecule has 0 radical (unpaired) electrons. The SMILES string of the molecule is CCOc1ccc(Cl)cc1CNC(C)(C)CC(C)(C)C. The van der Waals surface area contributed by atoms with Gasteiger partial charge in [-0.25, -0.2) is 0 Å². The van der Waals surface area contributed by atoms with Gasteiger partial charge >= 0.3 is 0 Å². The third-order valence-electron chi connectivity index (χ3n) is 3.05. The molecule has 0 fully saturated rings. The van der Waals surface area contributed by atoms with Gasteiger partial charge in [-0.2, -0.15) is 0 Å². The van der Waals surface area contributed by atoms with Crippen LogP contribution in [0.4, 0.5) is 0 Å². The quantitative estimate of drug-likeness (QED) is 0.794. The van der Waals surface area contributed by atoms with E-state index in [1.165, 1.54) is 0 Å². The van der Waals surface area contributed by atoms with Gasteiger partial charge in [-0.3, -0.25) is 0 Å². The summed E-state index contributed by atoms with van der Waals surface area (Å²) in [5, 5.41) is 4.37. The van der Waals surface area contributed by atoms with Gasteiger partial charge in [0.25, 0.3) is 0 Å². The summed E-state index contributed by atoms with van der Waals surface area (Å²) >= 11 is 6.09. The van der Waals surface area contributed by atoms with Crippen LogP contribution in [-0.4, -0.2) is 12.1 Å². The van der Waals surface area contributed by atoms with Crippen molar-refractivity contribution in [2.45, 2.75) is 60.0 Å². The van der Waals surface area contributed by atoms with E-state index in [2.05, 4.69) is 39.9 Å². The minimum Gasteiger partial charge on any atom is -0.494 e. The first kappa shape index (κ1) is 17.3. The second kappa shape index (κ2) is 6.82. The Morgan fingerprint density at radius 3 is 2.35 bits per heavy atom. The molecule has 0 aliphatic heterocycles. The summed E-state index contributed by atoms with van der Waals surface area (Å²) < 4.78 is 5.66. The Bertz CT molecular complexity index is 435. The second-order valence-electron chi connectivity index (χ2n) is 7.16. The zero-order chi connectivity index (χ0) is 15.4. The highest BCUT2D eigenvalue weighted by Crippen LogP contribution is 2.28. The number of ether oxygens (including phenoxy) is 1. The van der Waals surface area contributed by atoms with E-state index in [-0.39, 0.29) is 5.54 Å². The number of rotatable bonds is 6. The molecular weight excluding hydrogens is 270 g/mol. The molecule has 3 heteroatoms. The fraction of sp³-hybridized carbons (Fsp3) is 0.647. The number of benzene rings is 1. The predicted octanol–water partition coefficient (Wildman–Crippen LogP) is 5.04. The topological polar surface area (TPSA) is 21.3 Å². The zero-order valence-electron chi connectivity index (χ0n) is 13.6. The van der Waals surface area contributed by atoms with Gasteiger partial charge in [0, 0.05) is 22.7 Å². The van der Waals surface area contributed by atoms with E-state index in [4.69, 9.17) is 16.3 Å². The predicted molar refractivity (Wildman–Crippen MR) is 87.6 cm³/mol. The molecule has 1 aromatic carbocycles. The summed E-state index contributed by atoms with van der Waals surface area (Å²) in [6, 6.07) is 5.79. The lowest BCUT2D eigenvalue weighted by Crippen LogP contribution is -2.41. The van der Waals surface area contributed by atoms with Crippen molar-refractivity contribution in [2.75, 3.05) is 6.61 Å². The minimum absolute atomic E-state index is 0.0735. The van der Waals surface area contributed by atoms with E-state index < -0.39 is 0 Å². The minimum atomic E-state index is 0.0735. The Morgan fingerprint density at radius 2 is 1.80 bits per heavy atom. The van der Waals surface area contributed by atoms with Gasteiger partial charge in [0.15, 0.2) is 0 Å². The summed E-state index contributed by atoms with van der Waals surface area (Å²) in [5.41, 5.74) is 1.48. The first-order chi connectivity index (χ1) is 9.13. The molecule has 0 aromatic heterocycles. The lowest BCUT2D eigenvalue weighted by atomic mass is 9.82. The van der Waals surface area contributed by atoms with Crippen LogP contribution < -0.4 is 10.1 Å². The molecule has 0 saturated carbocycles. The summed E-state index contributed by atoms with van der Waals surface area (Å²) in [6.07, 6.45) is 1.10. The molecular formula is C17H28ClNO. The normalized spacial score (nSPS) is 12.6. The highest BCUT2D eigenvalue weighted by Gasteiger charge is 2.25. The third-order valence-corrected chi connectivity index (χ3v) is 3.29. The number of hydrogen-bond donors (Lipinski definition) is 1. The van der Waals surface area contributed by atoms with Crippen molar-refractivity contribution in [1.82, 2.24) is 5.32 Å². The van der Waals surface area contributed by atoms with E-state index >= 15 is 0 Å². The van der Waals surface area contributed by atoms with Crippen LogP contribution in [0.1, 0.15) is 53.5 Å². The molecule has 2 nitrogen and oxygen atoms in total. The highest BCUT2D eigenvalue weighted by atomic mass is 35.5. The Morgan fingerprint density at radius 1 is 1.15 bits per heavy atom. The van der Waals surface area contributed by atoms with Crippen LogP contribution in [0.5, 0.6) is 5.75 Å². The molecule has 0 amide bonds. The summed E-state index contributed by atoms with van der Waals surface area (Å²) in [7, 11) is 0. The third kappa shape index (κ3) is 6.15. The van der Waals surface area contributed by atoms with E-state index in [0.29, 0.717) is 12.0 Å². The number of halogens is 1. The van der Waals surface area contributed by atoms with Gasteiger partial charge in [-0.05, 0) is 50.8 Å². The van der Waals surface area contributed by atoms with Crippen LogP contribution in [0.15, 0.2) is 18.2 Å². The number of nitrogens with one attached hydrogen (secondary N) is 1. The Balaban J connectivity index is 2.75. The lowest BCUT2D eigenvalue weighted by Gasteiger charge is -2.33. The summed E-state index contributed by atoms with van der Waals surface area (Å²) in [6.45, 7) is 14.7. The Labute approximate surface area is 128 Å². The van der Waals surface area contributed by atoms with Gasteiger partial charge in [0.05, 0.1) is 6.61 Å². The van der Waals surface area contributed by atoms with Crippen LogP contribution in [-0.2, 0) is 6.54 Å². The van der Waals surface area contributed by atoms with Crippen molar-refractivity contribution in [3.05, 3.63) is 28.8 Å². The summed E-state index contributed by atoms with van der Waals surface area (Å²) in [5.74, 6) is 0.913. The first-order valence-corrected chi connectivity index (χ1v) is 7.67. The maximum Gasteiger partial charge on any atom is 0.123 e. The monoisotopic (exact) mass is 297 g/mol. The molecule has 0 aliphatic carbocycles. The van der Waals surface area contributed by atoms with Crippen LogP contribution in [0, 0.1) is 5.41 Å². The Kier molecular flexibility index (Phi) is 5.91. The second-order valence-corrected chi connectivity index (χ2v) is 7.60. The van der Waals surface area contributed by atoms with E-state index in [0.717, 1.165) is 29.3 Å². The largest absolute Gasteiger partial charge is 0.494 e. The van der Waals surface area contributed by atoms with Crippen LogP contribution in [0.2, 0.25) is 5.02 Å². The van der Waals surface area contributed by atoms with Gasteiger partial charge in [-0.1, -0.05) is 32.4 Å². The lowest BCUT2D eigenvalue weighted by molar-refractivity contribution is 0.239. The number of hydrogen-bond acceptors (Lipinski definition) is 2. The molecule has 114 valence electrons. The molecule has 1 rings (SSSR count). The average molecular weight is 298 g/mol. The van der Waals surface area contributed by atoms with Crippen LogP contribution >= 0.6 is 11.6 Å². The smallest absolute Gasteiger partial charge is 0.123 e. The van der Waals surface area contributed by atoms with E-state index in [9.17, 15) is 0 Å². The fourth-order valence-electron chi connectivity index (χ4n) is 2.71. The van der Waals surface area contributed by atoms with Crippen molar-refractivity contribution in [1.29, 1.82) is 0 Å². The molecule has 0 bridgehead atoms. The maximum absolute atomic E-state index is 6.09. The van der Waals surface area contributed by atoms with Crippen LogP contribution in [0.25, 0.3) is 0 Å². The van der Waals surface area contributed by atoms with Gasteiger partial charge in [-0.15, -0.1) is 0 Å². The molecule has 0 unspecified atom stereocenters. The van der Waals surface area contributed by atoms with Crippen molar-refractivity contribution >= 4 is 11.6 Å². The first-order valence-electron chi connectivity index (χ1n) is 7.29. The standard InChI is InChI=1S/C17H28ClNO/c1-7-20-15-9-8-14(18)10-13(15)11-19-17(5,6)12-16(2,3)4/h8-10,19H,7,11-12H2,1-6H3. The molecule has 1 N–H and O–H groups in total. The van der Waals surface area contributed by atoms with Gasteiger partial charge in [0.1, 0.15) is 5.75 Å². The molecule has 1 aromatic rings.